The second-order valence-electron chi connectivity index (χ2n) is 9.22. The van der Waals surface area contributed by atoms with Gasteiger partial charge in [0.25, 0.3) is 0 Å². The molecule has 0 bridgehead atoms. The van der Waals surface area contributed by atoms with Crippen LogP contribution in [0, 0.1) is 0 Å². The molecular weight excluding hydrogens is 486 g/mol. The molecule has 0 aliphatic rings. The molecule has 0 aliphatic heterocycles. The van der Waals surface area contributed by atoms with Gasteiger partial charge in [-0.2, -0.15) is 0 Å². The average molecular weight is 522 g/mol. The highest BCUT2D eigenvalue weighted by Crippen LogP contribution is 2.24. The highest BCUT2D eigenvalue weighted by molar-refractivity contribution is 7.92. The van der Waals surface area contributed by atoms with Crippen LogP contribution in [0.1, 0.15) is 58.1 Å². The van der Waals surface area contributed by atoms with Crippen molar-refractivity contribution in [2.24, 2.45) is 0 Å². The fourth-order valence-electron chi connectivity index (χ4n) is 3.75. The van der Waals surface area contributed by atoms with Crippen molar-refractivity contribution in [1.82, 2.24) is 10.2 Å². The van der Waals surface area contributed by atoms with Gasteiger partial charge in [0.15, 0.2) is 0 Å². The fourth-order valence-corrected chi connectivity index (χ4v) is 4.79. The van der Waals surface area contributed by atoms with Gasteiger partial charge in [0.1, 0.15) is 12.6 Å². The monoisotopic (exact) mass is 521 g/mol. The maximum atomic E-state index is 13.7. The molecule has 0 saturated heterocycles. The molecule has 2 aromatic rings. The molecule has 1 N–H and O–H groups in total. The summed E-state index contributed by atoms with van der Waals surface area (Å²) in [4.78, 5) is 28.1. The van der Waals surface area contributed by atoms with Crippen LogP contribution in [0.5, 0.6) is 0 Å². The highest BCUT2D eigenvalue weighted by atomic mass is 35.5. The minimum absolute atomic E-state index is 0.0758. The van der Waals surface area contributed by atoms with Crippen molar-refractivity contribution in [2.45, 2.75) is 65.6 Å². The van der Waals surface area contributed by atoms with Crippen LogP contribution < -0.4 is 9.62 Å². The summed E-state index contributed by atoms with van der Waals surface area (Å²) in [6.07, 6.45) is 1.43. The van der Waals surface area contributed by atoms with Gasteiger partial charge in [-0.05, 0) is 55.5 Å². The average Bonchev–Trinajstić information content (AvgIpc) is 2.77. The zero-order chi connectivity index (χ0) is 26.3. The number of hydrogen-bond acceptors (Lipinski definition) is 4. The lowest BCUT2D eigenvalue weighted by Crippen LogP contribution is -2.53. The van der Waals surface area contributed by atoms with Crippen LogP contribution in [0.25, 0.3) is 0 Å². The predicted octanol–water partition coefficient (Wildman–Crippen LogP) is 4.56. The van der Waals surface area contributed by atoms with E-state index in [1.54, 1.807) is 36.4 Å². The summed E-state index contributed by atoms with van der Waals surface area (Å²) in [6.45, 7) is 9.24. The van der Waals surface area contributed by atoms with Crippen molar-refractivity contribution in [2.75, 3.05) is 17.1 Å². The molecule has 2 aromatic carbocycles. The molecule has 0 radical (unpaired) electrons. The van der Waals surface area contributed by atoms with Gasteiger partial charge in [-0.1, -0.05) is 62.7 Å². The van der Waals surface area contributed by atoms with Gasteiger partial charge in [-0.25, -0.2) is 8.42 Å². The van der Waals surface area contributed by atoms with Crippen LogP contribution in [-0.2, 0) is 26.2 Å². The van der Waals surface area contributed by atoms with Crippen molar-refractivity contribution in [3.63, 3.8) is 0 Å². The maximum Gasteiger partial charge on any atom is 0.244 e. The van der Waals surface area contributed by atoms with E-state index in [2.05, 4.69) is 5.32 Å². The zero-order valence-electron chi connectivity index (χ0n) is 21.3. The summed E-state index contributed by atoms with van der Waals surface area (Å²) in [5.41, 5.74) is 2.12. The quantitative estimate of drug-likeness (QED) is 0.469. The fraction of sp³-hybridized carbons (Fsp3) is 0.462. The van der Waals surface area contributed by atoms with Crippen LogP contribution in [0.15, 0.2) is 48.5 Å². The van der Waals surface area contributed by atoms with Crippen molar-refractivity contribution < 1.29 is 18.0 Å². The number of amides is 2. The second-order valence-corrected chi connectivity index (χ2v) is 11.5. The first-order chi connectivity index (χ1) is 16.3. The highest BCUT2D eigenvalue weighted by Gasteiger charge is 2.32. The van der Waals surface area contributed by atoms with Gasteiger partial charge in [0, 0.05) is 17.6 Å². The summed E-state index contributed by atoms with van der Waals surface area (Å²) < 4.78 is 26.5. The van der Waals surface area contributed by atoms with Gasteiger partial charge in [-0.3, -0.25) is 13.9 Å². The number of nitrogens with zero attached hydrogens (tertiary/aromatic N) is 2. The van der Waals surface area contributed by atoms with Crippen molar-refractivity contribution in [3.05, 3.63) is 64.7 Å². The van der Waals surface area contributed by atoms with Crippen molar-refractivity contribution in [3.8, 4) is 0 Å². The number of carbonyl (C=O) groups is 2. The molecule has 192 valence electrons. The molecule has 2 rings (SSSR count). The van der Waals surface area contributed by atoms with Crippen LogP contribution >= 0.6 is 11.6 Å². The Balaban J connectivity index is 2.45. The molecule has 0 saturated carbocycles. The summed E-state index contributed by atoms with van der Waals surface area (Å²) in [5, 5.41) is 3.33. The maximum absolute atomic E-state index is 13.7. The number of hydrogen-bond donors (Lipinski definition) is 1. The van der Waals surface area contributed by atoms with Gasteiger partial charge in [-0.15, -0.1) is 0 Å². The molecule has 0 aliphatic carbocycles. The molecule has 35 heavy (non-hydrogen) atoms. The van der Waals surface area contributed by atoms with E-state index in [9.17, 15) is 18.0 Å². The normalized spacial score (nSPS) is 12.5. The summed E-state index contributed by atoms with van der Waals surface area (Å²) >= 11 is 6.35. The zero-order valence-corrected chi connectivity index (χ0v) is 22.9. The van der Waals surface area contributed by atoms with E-state index >= 15 is 0 Å². The molecule has 0 unspecified atom stereocenters. The summed E-state index contributed by atoms with van der Waals surface area (Å²) in [5.74, 6) is -0.502. The lowest BCUT2D eigenvalue weighted by molar-refractivity contribution is -0.140. The summed E-state index contributed by atoms with van der Waals surface area (Å²) in [7, 11) is -3.77. The molecule has 9 heteroatoms. The molecule has 0 aromatic heterocycles. The van der Waals surface area contributed by atoms with Crippen LogP contribution in [0.4, 0.5) is 5.69 Å². The molecule has 0 fully saturated rings. The third-order valence-electron chi connectivity index (χ3n) is 5.64. The number of anilines is 1. The van der Waals surface area contributed by atoms with E-state index in [1.807, 2.05) is 46.8 Å². The van der Waals surface area contributed by atoms with Gasteiger partial charge < -0.3 is 10.2 Å². The Morgan fingerprint density at radius 1 is 1.00 bits per heavy atom. The number of carbonyl (C=O) groups excluding carboxylic acids is 2. The number of rotatable bonds is 11. The van der Waals surface area contributed by atoms with Gasteiger partial charge in [0.2, 0.25) is 21.8 Å². The number of benzene rings is 2. The van der Waals surface area contributed by atoms with E-state index < -0.39 is 28.5 Å². The Kier molecular flexibility index (Phi) is 10.2. The Morgan fingerprint density at radius 2 is 1.60 bits per heavy atom. The predicted molar refractivity (Wildman–Crippen MR) is 142 cm³/mol. The SMILES string of the molecule is CC[C@H](C(=O)NC(C)C)N(Cc1ccccc1Cl)C(=O)CN(c1ccc(C(C)C)cc1)S(C)(=O)=O. The van der Waals surface area contributed by atoms with Crippen LogP contribution in [0.3, 0.4) is 0 Å². The van der Waals surface area contributed by atoms with E-state index in [0.717, 1.165) is 16.1 Å². The van der Waals surface area contributed by atoms with Crippen molar-refractivity contribution >= 4 is 39.1 Å². The summed E-state index contributed by atoms with van der Waals surface area (Å²) in [6, 6.07) is 13.3. The third kappa shape index (κ3) is 7.97. The Hall–Kier alpha value is -2.58. The first-order valence-corrected chi connectivity index (χ1v) is 14.0. The molecule has 0 heterocycles. The van der Waals surface area contributed by atoms with E-state index in [-0.39, 0.29) is 24.4 Å². The van der Waals surface area contributed by atoms with Gasteiger partial charge in [0.05, 0.1) is 11.9 Å². The molecule has 2 amide bonds. The molecule has 1 atom stereocenters. The first kappa shape index (κ1) is 28.7. The van der Waals surface area contributed by atoms with E-state index in [1.165, 1.54) is 4.90 Å². The number of halogens is 1. The molecular formula is C26H36ClN3O4S. The van der Waals surface area contributed by atoms with Crippen LogP contribution in [0.2, 0.25) is 5.02 Å². The number of sulfonamides is 1. The lowest BCUT2D eigenvalue weighted by atomic mass is 10.0. The van der Waals surface area contributed by atoms with Crippen molar-refractivity contribution in [1.29, 1.82) is 0 Å². The smallest absolute Gasteiger partial charge is 0.244 e. The second kappa shape index (κ2) is 12.4. The minimum Gasteiger partial charge on any atom is -0.352 e. The minimum atomic E-state index is -3.77. The Labute approximate surface area is 214 Å². The number of nitrogens with one attached hydrogen (secondary N) is 1. The third-order valence-corrected chi connectivity index (χ3v) is 7.15. The van der Waals surface area contributed by atoms with Gasteiger partial charge >= 0.3 is 0 Å². The topological polar surface area (TPSA) is 86.8 Å². The molecule has 7 nitrogen and oxygen atoms in total. The largest absolute Gasteiger partial charge is 0.352 e. The standard InChI is InChI=1S/C26H36ClN3O4S/c1-7-24(26(32)28-19(4)5)29(16-21-10-8-9-11-23(21)27)25(31)17-30(35(6,33)34)22-14-12-20(13-15-22)18(2)3/h8-15,18-19,24H,7,16-17H2,1-6H3,(H,28,32)/t24-/m1/s1. The Bertz CT molecular complexity index is 1120. The molecule has 0 spiro atoms. The van der Waals surface area contributed by atoms with E-state index in [4.69, 9.17) is 11.6 Å². The van der Waals surface area contributed by atoms with E-state index in [0.29, 0.717) is 22.7 Å². The Morgan fingerprint density at radius 3 is 2.09 bits per heavy atom. The van der Waals surface area contributed by atoms with Crippen LogP contribution in [-0.4, -0.2) is 50.0 Å². The first-order valence-electron chi connectivity index (χ1n) is 11.8. The lowest BCUT2D eigenvalue weighted by Gasteiger charge is -2.33.